The van der Waals surface area contributed by atoms with E-state index in [1.807, 2.05) is 0 Å². The molecule has 7 atom stereocenters. The zero-order valence-electron chi connectivity index (χ0n) is 18.3. The van der Waals surface area contributed by atoms with Crippen LogP contribution in [-0.2, 0) is 4.79 Å². The van der Waals surface area contributed by atoms with Crippen molar-refractivity contribution >= 4 is 11.4 Å². The number of hydrogen-bond acceptors (Lipinski definition) is 2. The maximum absolute atomic E-state index is 13.3. The van der Waals surface area contributed by atoms with Crippen molar-refractivity contribution in [1.82, 2.24) is 4.98 Å². The fraction of sp³-hybridized carbons (Fsp3) is 0.692. The van der Waals surface area contributed by atoms with E-state index in [1.54, 1.807) is 12.3 Å². The SMILES string of the molecule is CC1C(=O)CC[C@@]2(C)C1CC[C@@H]1C2CC[C@]2(C)C(c3cncc(C(F)F)c3)=CCC12. The molecule has 0 amide bonds. The number of Topliss-reactive ketones (excluding diaryl/α,β-unsaturated/α-hetero) is 1. The number of nitrogens with zero attached hydrogens (tertiary/aromatic N) is 1. The third-order valence-corrected chi connectivity index (χ3v) is 9.87. The van der Waals surface area contributed by atoms with Crippen LogP contribution in [0.3, 0.4) is 0 Å². The summed E-state index contributed by atoms with van der Waals surface area (Å²) in [7, 11) is 0. The Morgan fingerprint density at radius 1 is 1.07 bits per heavy atom. The lowest BCUT2D eigenvalue weighted by molar-refractivity contribution is -0.146. The summed E-state index contributed by atoms with van der Waals surface area (Å²) >= 11 is 0. The first-order valence-corrected chi connectivity index (χ1v) is 11.7. The molecular weight excluding hydrogens is 380 g/mol. The van der Waals surface area contributed by atoms with Gasteiger partial charge in [0.25, 0.3) is 6.43 Å². The van der Waals surface area contributed by atoms with Crippen LogP contribution in [-0.4, -0.2) is 10.8 Å². The summed E-state index contributed by atoms with van der Waals surface area (Å²) in [5, 5.41) is 0. The summed E-state index contributed by atoms with van der Waals surface area (Å²) in [6.45, 7) is 7.00. The lowest BCUT2D eigenvalue weighted by atomic mass is 9.43. The van der Waals surface area contributed by atoms with Crippen molar-refractivity contribution < 1.29 is 13.6 Å². The molecule has 4 aliphatic rings. The first kappa shape index (κ1) is 20.3. The lowest BCUT2D eigenvalue weighted by Gasteiger charge is -2.61. The van der Waals surface area contributed by atoms with Crippen molar-refractivity contribution in [2.75, 3.05) is 0 Å². The highest BCUT2D eigenvalue weighted by Crippen LogP contribution is 2.67. The van der Waals surface area contributed by atoms with Crippen LogP contribution in [0.2, 0.25) is 0 Å². The summed E-state index contributed by atoms with van der Waals surface area (Å²) in [4.78, 5) is 16.5. The van der Waals surface area contributed by atoms with E-state index in [4.69, 9.17) is 0 Å². The van der Waals surface area contributed by atoms with E-state index in [9.17, 15) is 13.6 Å². The zero-order valence-corrected chi connectivity index (χ0v) is 18.3. The summed E-state index contributed by atoms with van der Waals surface area (Å²) in [5.41, 5.74) is 2.46. The van der Waals surface area contributed by atoms with Crippen LogP contribution in [0.1, 0.15) is 83.3 Å². The van der Waals surface area contributed by atoms with Gasteiger partial charge in [0.2, 0.25) is 0 Å². The molecule has 0 radical (unpaired) electrons. The van der Waals surface area contributed by atoms with E-state index in [2.05, 4.69) is 31.8 Å². The standard InChI is InChI=1S/C26H33F2NO/c1-15-19-5-4-18-21-7-6-20(16-12-17(24(27)28)14-29-13-16)26(21,3)10-8-22(18)25(19,2)11-9-23(15)30/h6,12-15,18-19,21-22,24H,4-5,7-11H2,1-3H3/t15?,18-,19?,21?,22?,25-,26+/m0/s1. The lowest BCUT2D eigenvalue weighted by Crippen LogP contribution is -2.55. The Labute approximate surface area is 178 Å². The highest BCUT2D eigenvalue weighted by molar-refractivity contribution is 5.82. The summed E-state index contributed by atoms with van der Waals surface area (Å²) in [5.74, 6) is 3.14. The third kappa shape index (κ3) is 2.78. The molecule has 30 heavy (non-hydrogen) atoms. The fourth-order valence-electron chi connectivity index (χ4n) is 8.26. The predicted octanol–water partition coefficient (Wildman–Crippen LogP) is 6.87. The van der Waals surface area contributed by atoms with Crippen LogP contribution in [0, 0.1) is 40.4 Å². The molecule has 0 spiro atoms. The van der Waals surface area contributed by atoms with Crippen molar-refractivity contribution in [3.05, 3.63) is 35.7 Å². The van der Waals surface area contributed by atoms with Gasteiger partial charge in [-0.2, -0.15) is 0 Å². The molecule has 0 bridgehead atoms. The minimum atomic E-state index is -2.48. The Kier molecular flexibility index (Phi) is 4.72. The minimum Gasteiger partial charge on any atom is -0.299 e. The second kappa shape index (κ2) is 6.97. The van der Waals surface area contributed by atoms with Crippen molar-refractivity contribution in [3.8, 4) is 0 Å². The van der Waals surface area contributed by atoms with Gasteiger partial charge < -0.3 is 0 Å². The molecule has 3 saturated carbocycles. The molecule has 5 rings (SSSR count). The van der Waals surface area contributed by atoms with Gasteiger partial charge >= 0.3 is 0 Å². The molecule has 1 aromatic rings. The predicted molar refractivity (Wildman–Crippen MR) is 114 cm³/mol. The summed E-state index contributed by atoms with van der Waals surface area (Å²) in [6, 6.07) is 1.65. The largest absolute Gasteiger partial charge is 0.299 e. The highest BCUT2D eigenvalue weighted by Gasteiger charge is 2.59. The van der Waals surface area contributed by atoms with Crippen LogP contribution in [0.5, 0.6) is 0 Å². The van der Waals surface area contributed by atoms with Crippen LogP contribution in [0.15, 0.2) is 24.5 Å². The Bertz CT molecular complexity index is 895. The van der Waals surface area contributed by atoms with Crippen LogP contribution in [0.25, 0.3) is 5.57 Å². The number of ketones is 1. The Morgan fingerprint density at radius 2 is 1.87 bits per heavy atom. The molecule has 0 saturated heterocycles. The molecule has 162 valence electrons. The average molecular weight is 414 g/mol. The maximum Gasteiger partial charge on any atom is 0.265 e. The number of hydrogen-bond donors (Lipinski definition) is 0. The van der Waals surface area contributed by atoms with Gasteiger partial charge in [0.1, 0.15) is 5.78 Å². The van der Waals surface area contributed by atoms with Gasteiger partial charge in [-0.25, -0.2) is 8.78 Å². The third-order valence-electron chi connectivity index (χ3n) is 9.87. The van der Waals surface area contributed by atoms with E-state index >= 15 is 0 Å². The van der Waals surface area contributed by atoms with Gasteiger partial charge in [-0.1, -0.05) is 26.8 Å². The normalized spacial score (nSPS) is 43.1. The summed E-state index contributed by atoms with van der Waals surface area (Å²) in [6.07, 6.45) is 10.4. The van der Waals surface area contributed by atoms with Gasteiger partial charge in [0, 0.05) is 30.3 Å². The molecule has 1 heterocycles. The Balaban J connectivity index is 1.44. The second-order valence-electron chi connectivity index (χ2n) is 10.9. The van der Waals surface area contributed by atoms with Crippen LogP contribution >= 0.6 is 0 Å². The fourth-order valence-corrected chi connectivity index (χ4v) is 8.26. The first-order valence-electron chi connectivity index (χ1n) is 11.7. The number of alkyl halides is 2. The van der Waals surface area contributed by atoms with Gasteiger partial charge in [-0.15, -0.1) is 0 Å². The molecule has 4 aliphatic carbocycles. The molecular formula is C26H33F2NO. The number of halogens is 2. The molecule has 4 heteroatoms. The number of carbonyl (C=O) groups is 1. The Morgan fingerprint density at radius 3 is 2.63 bits per heavy atom. The maximum atomic E-state index is 13.3. The number of aromatic nitrogens is 1. The van der Waals surface area contributed by atoms with Gasteiger partial charge in [-0.3, -0.25) is 9.78 Å². The van der Waals surface area contributed by atoms with E-state index in [0.717, 1.165) is 37.7 Å². The molecule has 0 N–H and O–H groups in total. The van der Waals surface area contributed by atoms with Crippen molar-refractivity contribution in [2.45, 2.75) is 72.1 Å². The number of allylic oxidation sites excluding steroid dienone is 2. The molecule has 2 nitrogen and oxygen atoms in total. The topological polar surface area (TPSA) is 30.0 Å². The smallest absolute Gasteiger partial charge is 0.265 e. The number of carbonyl (C=O) groups excluding carboxylic acids is 1. The molecule has 0 aromatic carbocycles. The molecule has 0 aliphatic heterocycles. The van der Waals surface area contributed by atoms with Gasteiger partial charge in [0.15, 0.2) is 0 Å². The van der Waals surface area contributed by atoms with Crippen molar-refractivity contribution in [1.29, 1.82) is 0 Å². The van der Waals surface area contributed by atoms with E-state index < -0.39 is 6.43 Å². The number of pyridine rings is 1. The van der Waals surface area contributed by atoms with Crippen LogP contribution < -0.4 is 0 Å². The van der Waals surface area contributed by atoms with E-state index in [-0.39, 0.29) is 22.3 Å². The van der Waals surface area contributed by atoms with E-state index in [0.29, 0.717) is 29.5 Å². The first-order chi connectivity index (χ1) is 14.3. The van der Waals surface area contributed by atoms with Gasteiger partial charge in [-0.05, 0) is 90.2 Å². The summed E-state index contributed by atoms with van der Waals surface area (Å²) < 4.78 is 26.5. The monoisotopic (exact) mass is 413 g/mol. The van der Waals surface area contributed by atoms with Crippen molar-refractivity contribution in [3.63, 3.8) is 0 Å². The molecule has 1 aromatic heterocycles. The highest BCUT2D eigenvalue weighted by atomic mass is 19.3. The van der Waals surface area contributed by atoms with Crippen molar-refractivity contribution in [2.24, 2.45) is 40.4 Å². The minimum absolute atomic E-state index is 0.0167. The quantitative estimate of drug-likeness (QED) is 0.529. The number of rotatable bonds is 2. The van der Waals surface area contributed by atoms with E-state index in [1.165, 1.54) is 24.6 Å². The molecule has 3 fully saturated rings. The number of fused-ring (bicyclic) bond motifs is 5. The molecule has 4 unspecified atom stereocenters. The zero-order chi connectivity index (χ0) is 21.3. The average Bonchev–Trinajstić information content (AvgIpc) is 3.08. The second-order valence-corrected chi connectivity index (χ2v) is 10.9. The van der Waals surface area contributed by atoms with Crippen LogP contribution in [0.4, 0.5) is 8.78 Å². The van der Waals surface area contributed by atoms with Gasteiger partial charge in [0.05, 0.1) is 0 Å². The Hall–Kier alpha value is -1.58.